The normalized spacial score (nSPS) is 18.1. The number of aliphatic imine (C=N–C) groups is 1. The second-order valence-corrected chi connectivity index (χ2v) is 11.6. The van der Waals surface area contributed by atoms with Gasteiger partial charge in [-0.3, -0.25) is 14.6 Å². The number of carbonyl (C=O) groups is 2. The predicted octanol–water partition coefficient (Wildman–Crippen LogP) is 4.56. The van der Waals surface area contributed by atoms with Gasteiger partial charge >= 0.3 is 5.97 Å². The minimum Gasteiger partial charge on any atom is -0.504 e. The van der Waals surface area contributed by atoms with Gasteiger partial charge in [0.05, 0.1) is 13.2 Å². The Kier molecular flexibility index (Phi) is 15.5. The van der Waals surface area contributed by atoms with Crippen LogP contribution in [-0.2, 0) is 27.3 Å². The summed E-state index contributed by atoms with van der Waals surface area (Å²) < 4.78 is 11.0. The summed E-state index contributed by atoms with van der Waals surface area (Å²) in [6.45, 7) is 6.40. The van der Waals surface area contributed by atoms with Crippen LogP contribution in [0.15, 0.2) is 17.1 Å². The first-order valence-electron chi connectivity index (χ1n) is 15.7. The summed E-state index contributed by atoms with van der Waals surface area (Å²) in [4.78, 5) is 31.0. The number of aryl methyl sites for hydroxylation is 1. The van der Waals surface area contributed by atoms with Crippen molar-refractivity contribution in [3.8, 4) is 11.5 Å². The number of unbranched alkanes of at least 4 members (excludes halogenated alkanes) is 4. The van der Waals surface area contributed by atoms with E-state index in [2.05, 4.69) is 18.8 Å². The van der Waals surface area contributed by atoms with Crippen molar-refractivity contribution < 1.29 is 29.3 Å². The Morgan fingerprint density at radius 3 is 2.48 bits per heavy atom. The van der Waals surface area contributed by atoms with E-state index in [-0.39, 0.29) is 42.1 Å². The molecular weight excluding hydrogens is 536 g/mol. The smallest absolute Gasteiger partial charge is 0.302 e. The number of benzene rings is 1. The van der Waals surface area contributed by atoms with Gasteiger partial charge in [0.15, 0.2) is 17.5 Å². The van der Waals surface area contributed by atoms with Crippen molar-refractivity contribution >= 4 is 17.8 Å². The molecule has 0 bridgehead atoms. The molecule has 0 radical (unpaired) electrons. The summed E-state index contributed by atoms with van der Waals surface area (Å²) in [5.41, 5.74) is 12.5. The number of phenolic OH excluding ortho intramolecular Hbond substituents is 1. The van der Waals surface area contributed by atoms with Gasteiger partial charge < -0.3 is 36.1 Å². The molecule has 1 saturated heterocycles. The van der Waals surface area contributed by atoms with Crippen molar-refractivity contribution in [3.05, 3.63) is 23.3 Å². The van der Waals surface area contributed by atoms with Crippen molar-refractivity contribution in [1.82, 2.24) is 4.90 Å². The minimum atomic E-state index is -0.531. The number of methoxy groups -OCH3 is 1. The van der Waals surface area contributed by atoms with Crippen molar-refractivity contribution in [3.63, 3.8) is 0 Å². The van der Waals surface area contributed by atoms with Gasteiger partial charge in [-0.05, 0) is 49.7 Å². The van der Waals surface area contributed by atoms with Gasteiger partial charge in [0.25, 0.3) is 0 Å². The molecule has 0 unspecified atom stereocenters. The number of hydrogen-bond acceptors (Lipinski definition) is 7. The van der Waals surface area contributed by atoms with E-state index in [9.17, 15) is 19.8 Å². The van der Waals surface area contributed by atoms with Crippen LogP contribution in [0, 0.1) is 5.92 Å². The second kappa shape index (κ2) is 18.5. The molecule has 0 spiro atoms. The van der Waals surface area contributed by atoms with E-state index in [1.54, 1.807) is 6.07 Å². The molecule has 1 aromatic carbocycles. The Morgan fingerprint density at radius 2 is 1.83 bits per heavy atom. The number of phenols is 1. The lowest BCUT2D eigenvalue weighted by atomic mass is 9.92. The maximum absolute atomic E-state index is 13.3. The van der Waals surface area contributed by atoms with E-state index in [0.717, 1.165) is 50.5 Å². The zero-order valence-electron chi connectivity index (χ0n) is 26.1. The van der Waals surface area contributed by atoms with Gasteiger partial charge in [0.2, 0.25) is 5.91 Å². The Morgan fingerprint density at radius 1 is 1.12 bits per heavy atom. The number of aliphatic hydroxyl groups is 1. The van der Waals surface area contributed by atoms with Gasteiger partial charge in [-0.15, -0.1) is 0 Å². The van der Waals surface area contributed by atoms with Crippen LogP contribution >= 0.6 is 0 Å². The summed E-state index contributed by atoms with van der Waals surface area (Å²) in [7, 11) is 1.51. The van der Waals surface area contributed by atoms with Gasteiger partial charge in [-0.1, -0.05) is 58.4 Å². The molecule has 1 amide bonds. The molecule has 0 aliphatic carbocycles. The van der Waals surface area contributed by atoms with Crippen LogP contribution in [0.1, 0.15) is 109 Å². The van der Waals surface area contributed by atoms with Crippen LogP contribution in [0.4, 0.5) is 0 Å². The molecule has 0 saturated carbocycles. The summed E-state index contributed by atoms with van der Waals surface area (Å²) in [5, 5.41) is 21.5. The summed E-state index contributed by atoms with van der Waals surface area (Å²) in [6.07, 6.45) is 9.47. The fourth-order valence-corrected chi connectivity index (χ4v) is 5.94. The molecule has 1 aliphatic rings. The van der Waals surface area contributed by atoms with Crippen molar-refractivity contribution in [1.29, 1.82) is 0 Å². The van der Waals surface area contributed by atoms with E-state index < -0.39 is 12.2 Å². The fraction of sp³-hybridized carbons (Fsp3) is 0.719. The number of hydrogen-bond donors (Lipinski definition) is 4. The second-order valence-electron chi connectivity index (χ2n) is 11.6. The van der Waals surface area contributed by atoms with E-state index in [1.165, 1.54) is 14.0 Å². The largest absolute Gasteiger partial charge is 0.504 e. The standard InChI is InChI=1S/C32H54N4O6/c1-5-7-9-11-26(38)20-27(42-22(3)37)14-13-23-17-25(31(40)29(18-23)41-4)21-36-28(12-10-8-6-2)24(19-30(36)39)15-16-35-32(33)34/h17-18,24,26-28,38,40H,5-16,19-21H2,1-4H3,(H4,33,34,35)/t24-,26+,27-,28+/m1/s1. The molecule has 1 heterocycles. The Balaban J connectivity index is 2.22. The van der Waals surface area contributed by atoms with E-state index in [0.29, 0.717) is 56.4 Å². The van der Waals surface area contributed by atoms with Crippen LogP contribution in [0.25, 0.3) is 0 Å². The molecule has 10 heteroatoms. The first-order valence-corrected chi connectivity index (χ1v) is 15.7. The zero-order chi connectivity index (χ0) is 31.1. The van der Waals surface area contributed by atoms with Crippen LogP contribution in [0.5, 0.6) is 11.5 Å². The Hall–Kier alpha value is -3.01. The molecular formula is C32H54N4O6. The SMILES string of the molecule is CCCCC[C@H](O)C[C@@H](CCc1cc(CN2C(=O)C[C@@H](CCN=C(N)N)[C@@H]2CCCCC)c(O)c(OC)c1)OC(C)=O. The lowest BCUT2D eigenvalue weighted by Crippen LogP contribution is -2.35. The number of guanidine groups is 1. The van der Waals surface area contributed by atoms with Gasteiger partial charge in [-0.25, -0.2) is 0 Å². The van der Waals surface area contributed by atoms with E-state index in [1.807, 2.05) is 11.0 Å². The maximum Gasteiger partial charge on any atom is 0.302 e. The highest BCUT2D eigenvalue weighted by molar-refractivity contribution is 5.79. The highest BCUT2D eigenvalue weighted by Crippen LogP contribution is 2.38. The van der Waals surface area contributed by atoms with Gasteiger partial charge in [0.1, 0.15) is 6.10 Å². The maximum atomic E-state index is 13.3. The number of rotatable bonds is 20. The number of aliphatic hydroxyl groups excluding tert-OH is 1. The topological polar surface area (TPSA) is 161 Å². The quantitative estimate of drug-likeness (QED) is 0.0744. The van der Waals surface area contributed by atoms with Crippen molar-refractivity contribution in [2.45, 2.75) is 129 Å². The molecule has 1 fully saturated rings. The molecule has 42 heavy (non-hydrogen) atoms. The third kappa shape index (κ3) is 11.7. The number of likely N-dealkylation sites (tertiary alicyclic amines) is 1. The van der Waals surface area contributed by atoms with Crippen molar-refractivity contribution in [2.24, 2.45) is 22.4 Å². The summed E-state index contributed by atoms with van der Waals surface area (Å²) in [6, 6.07) is 3.72. The molecule has 6 N–H and O–H groups in total. The lowest BCUT2D eigenvalue weighted by molar-refractivity contribution is -0.148. The number of nitrogens with zero attached hydrogens (tertiary/aromatic N) is 2. The van der Waals surface area contributed by atoms with Crippen LogP contribution < -0.4 is 16.2 Å². The molecule has 2 rings (SSSR count). The average Bonchev–Trinajstić information content (AvgIpc) is 3.22. The molecule has 1 aliphatic heterocycles. The number of amides is 1. The van der Waals surface area contributed by atoms with Gasteiger partial charge in [0, 0.05) is 44.5 Å². The monoisotopic (exact) mass is 590 g/mol. The minimum absolute atomic E-state index is 0.0215. The third-order valence-corrected chi connectivity index (χ3v) is 8.14. The van der Waals surface area contributed by atoms with Crippen LogP contribution in [0.3, 0.4) is 0 Å². The number of nitrogens with two attached hydrogens (primary N) is 2. The molecule has 1 aromatic rings. The molecule has 0 aromatic heterocycles. The first kappa shape index (κ1) is 35.2. The first-order chi connectivity index (χ1) is 20.1. The Bertz CT molecular complexity index is 1010. The third-order valence-electron chi connectivity index (χ3n) is 8.14. The lowest BCUT2D eigenvalue weighted by Gasteiger charge is -2.29. The van der Waals surface area contributed by atoms with Crippen LogP contribution in [0.2, 0.25) is 0 Å². The number of aromatic hydroxyl groups is 1. The summed E-state index contributed by atoms with van der Waals surface area (Å²) in [5.74, 6) is 0.230. The van der Waals surface area contributed by atoms with E-state index >= 15 is 0 Å². The fourth-order valence-electron chi connectivity index (χ4n) is 5.94. The summed E-state index contributed by atoms with van der Waals surface area (Å²) >= 11 is 0. The van der Waals surface area contributed by atoms with Crippen molar-refractivity contribution in [2.75, 3.05) is 13.7 Å². The Labute approximate surface area is 251 Å². The van der Waals surface area contributed by atoms with Gasteiger partial charge in [-0.2, -0.15) is 0 Å². The number of carbonyl (C=O) groups excluding carboxylic acids is 2. The average molecular weight is 591 g/mol. The highest BCUT2D eigenvalue weighted by atomic mass is 16.5. The molecule has 238 valence electrons. The number of ether oxygens (including phenoxy) is 2. The highest BCUT2D eigenvalue weighted by Gasteiger charge is 2.39. The number of esters is 1. The van der Waals surface area contributed by atoms with E-state index in [4.69, 9.17) is 20.9 Å². The zero-order valence-corrected chi connectivity index (χ0v) is 26.1. The molecule has 10 nitrogen and oxygen atoms in total. The van der Waals surface area contributed by atoms with Crippen LogP contribution in [-0.4, -0.2) is 64.9 Å². The predicted molar refractivity (Wildman–Crippen MR) is 165 cm³/mol. The molecule has 4 atom stereocenters.